The number of ether oxygens (including phenoxy) is 1. The van der Waals surface area contributed by atoms with E-state index in [2.05, 4.69) is 10.6 Å². The summed E-state index contributed by atoms with van der Waals surface area (Å²) in [5, 5.41) is 5.38. The molecule has 9 heteroatoms. The first kappa shape index (κ1) is 23.1. The van der Waals surface area contributed by atoms with Gasteiger partial charge in [0.05, 0.1) is 29.8 Å². The van der Waals surface area contributed by atoms with Gasteiger partial charge in [0.2, 0.25) is 0 Å². The predicted octanol–water partition coefficient (Wildman–Crippen LogP) is 3.01. The second-order valence-electron chi connectivity index (χ2n) is 7.55. The van der Waals surface area contributed by atoms with Crippen LogP contribution in [0.5, 0.6) is 0 Å². The Bertz CT molecular complexity index is 1080. The number of aryl methyl sites for hydroxylation is 2. The molecule has 2 aromatic rings. The Balaban J connectivity index is 1.97. The van der Waals surface area contributed by atoms with E-state index in [1.807, 2.05) is 44.4 Å². The topological polar surface area (TPSA) is 102 Å². The fraction of sp³-hybridized carbons (Fsp3) is 0.364. The van der Waals surface area contributed by atoms with Gasteiger partial charge in [0.25, 0.3) is 0 Å². The fourth-order valence-corrected chi connectivity index (χ4v) is 5.68. The van der Waals surface area contributed by atoms with E-state index in [0.29, 0.717) is 5.56 Å². The molecule has 0 aromatic heterocycles. The molecular weight excluding hydrogens is 436 g/mol. The summed E-state index contributed by atoms with van der Waals surface area (Å²) in [6, 6.07) is 10.2. The van der Waals surface area contributed by atoms with E-state index < -0.39 is 45.6 Å². The molecule has 2 aromatic carbocycles. The molecule has 3 unspecified atom stereocenters. The number of esters is 1. The van der Waals surface area contributed by atoms with E-state index in [4.69, 9.17) is 4.74 Å². The monoisotopic (exact) mass is 462 g/mol. The number of carbonyl (C=O) groups is 2. The molecule has 166 valence electrons. The van der Waals surface area contributed by atoms with E-state index >= 15 is 0 Å². The lowest BCUT2D eigenvalue weighted by Crippen LogP contribution is -2.60. The molecule has 0 spiro atoms. The third-order valence-electron chi connectivity index (χ3n) is 5.58. The first-order valence-corrected chi connectivity index (χ1v) is 12.6. The van der Waals surface area contributed by atoms with Crippen molar-refractivity contribution in [1.82, 2.24) is 10.6 Å². The lowest BCUT2D eigenvalue weighted by Gasteiger charge is -2.37. The summed E-state index contributed by atoms with van der Waals surface area (Å²) in [6.45, 7) is 3.74. The molecule has 1 heterocycles. The molecule has 0 aliphatic carbocycles. The highest BCUT2D eigenvalue weighted by Gasteiger charge is 2.44. The summed E-state index contributed by atoms with van der Waals surface area (Å²) < 4.78 is 31.2. The molecule has 2 N–H and O–H groups in total. The fourth-order valence-electron chi connectivity index (χ4n) is 3.69. The number of urea groups is 1. The molecule has 3 rings (SSSR count). The van der Waals surface area contributed by atoms with Gasteiger partial charge < -0.3 is 15.4 Å². The lowest BCUT2D eigenvalue weighted by molar-refractivity contribution is -0.147. The first-order chi connectivity index (χ1) is 14.7. The Morgan fingerprint density at radius 2 is 1.74 bits per heavy atom. The quantitative estimate of drug-likeness (QED) is 0.506. The number of sulfone groups is 1. The van der Waals surface area contributed by atoms with Gasteiger partial charge in [-0.2, -0.15) is 0 Å². The number of amides is 2. The Hall–Kier alpha value is -2.52. The van der Waals surface area contributed by atoms with Gasteiger partial charge >= 0.3 is 12.0 Å². The molecule has 1 aliphatic rings. The Morgan fingerprint density at radius 3 is 2.32 bits per heavy atom. The average Bonchev–Trinajstić information content (AvgIpc) is 2.74. The van der Waals surface area contributed by atoms with Gasteiger partial charge in [0, 0.05) is 4.90 Å². The number of benzene rings is 2. The summed E-state index contributed by atoms with van der Waals surface area (Å²) >= 11 is 1.57. The zero-order valence-corrected chi connectivity index (χ0v) is 19.5. The van der Waals surface area contributed by atoms with Gasteiger partial charge in [-0.05, 0) is 61.1 Å². The van der Waals surface area contributed by atoms with Crippen molar-refractivity contribution in [2.45, 2.75) is 35.7 Å². The second-order valence-corrected chi connectivity index (χ2v) is 10.5. The van der Waals surface area contributed by atoms with E-state index in [1.54, 1.807) is 30.0 Å². The number of rotatable bonds is 6. The maximum Gasteiger partial charge on any atom is 0.315 e. The summed E-state index contributed by atoms with van der Waals surface area (Å²) in [6.07, 6.45) is 1.95. The summed E-state index contributed by atoms with van der Waals surface area (Å²) in [5.41, 5.74) is 2.54. The van der Waals surface area contributed by atoms with E-state index in [0.717, 1.165) is 16.0 Å². The van der Waals surface area contributed by atoms with Crippen LogP contribution in [0.2, 0.25) is 0 Å². The summed E-state index contributed by atoms with van der Waals surface area (Å²) in [7, 11) is -2.52. The molecule has 7 nitrogen and oxygen atoms in total. The molecule has 0 saturated carbocycles. The van der Waals surface area contributed by atoms with Crippen LogP contribution >= 0.6 is 11.8 Å². The first-order valence-electron chi connectivity index (χ1n) is 9.75. The highest BCUT2D eigenvalue weighted by Crippen LogP contribution is 2.32. The molecular formula is C22H26N2O5S2. The average molecular weight is 463 g/mol. The summed E-state index contributed by atoms with van der Waals surface area (Å²) in [4.78, 5) is 26.3. The smallest absolute Gasteiger partial charge is 0.315 e. The highest BCUT2D eigenvalue weighted by molar-refractivity contribution is 7.98. The highest BCUT2D eigenvalue weighted by atomic mass is 32.2. The van der Waals surface area contributed by atoms with Gasteiger partial charge in [0.15, 0.2) is 9.84 Å². The Labute approximate surface area is 186 Å². The number of hydrogen-bond donors (Lipinski definition) is 2. The van der Waals surface area contributed by atoms with Crippen LogP contribution in [0.4, 0.5) is 4.79 Å². The van der Waals surface area contributed by atoms with Crippen molar-refractivity contribution < 1.29 is 22.7 Å². The van der Waals surface area contributed by atoms with Crippen LogP contribution in [0, 0.1) is 19.8 Å². The summed E-state index contributed by atoms with van der Waals surface area (Å²) in [5.74, 6) is -1.92. The van der Waals surface area contributed by atoms with Gasteiger partial charge in [-0.1, -0.05) is 18.2 Å². The van der Waals surface area contributed by atoms with Crippen molar-refractivity contribution in [2.75, 3.05) is 19.1 Å². The van der Waals surface area contributed by atoms with Crippen LogP contribution in [-0.2, 0) is 19.4 Å². The lowest BCUT2D eigenvalue weighted by atomic mass is 9.86. The number of carbonyl (C=O) groups excluding carboxylic acids is 2. The Morgan fingerprint density at radius 1 is 1.06 bits per heavy atom. The predicted molar refractivity (Wildman–Crippen MR) is 120 cm³/mol. The second kappa shape index (κ2) is 9.32. The molecule has 3 atom stereocenters. The number of thioether (sulfide) groups is 1. The SMILES string of the molecule is COC(=O)C1C(CS(=O)(=O)c2ccc(C)c(C)c2)NC(=O)NC1c1ccc(SC)cc1. The van der Waals surface area contributed by atoms with Crippen molar-refractivity contribution in [3.8, 4) is 0 Å². The van der Waals surface area contributed by atoms with E-state index in [9.17, 15) is 18.0 Å². The van der Waals surface area contributed by atoms with Crippen molar-refractivity contribution in [2.24, 2.45) is 5.92 Å². The van der Waals surface area contributed by atoms with Crippen LogP contribution in [0.15, 0.2) is 52.3 Å². The molecule has 0 bridgehead atoms. The van der Waals surface area contributed by atoms with Crippen molar-refractivity contribution in [3.63, 3.8) is 0 Å². The van der Waals surface area contributed by atoms with Crippen LogP contribution < -0.4 is 10.6 Å². The third-order valence-corrected chi connectivity index (χ3v) is 8.09. The third kappa shape index (κ3) is 5.04. The molecule has 2 amide bonds. The van der Waals surface area contributed by atoms with Crippen LogP contribution in [-0.4, -0.2) is 45.6 Å². The largest absolute Gasteiger partial charge is 0.469 e. The number of nitrogens with one attached hydrogen (secondary N) is 2. The zero-order valence-electron chi connectivity index (χ0n) is 17.8. The van der Waals surface area contributed by atoms with Crippen LogP contribution in [0.25, 0.3) is 0 Å². The molecule has 31 heavy (non-hydrogen) atoms. The maximum atomic E-state index is 13.1. The van der Waals surface area contributed by atoms with E-state index in [-0.39, 0.29) is 4.90 Å². The minimum absolute atomic E-state index is 0.160. The molecule has 1 aliphatic heterocycles. The van der Waals surface area contributed by atoms with Crippen molar-refractivity contribution in [3.05, 3.63) is 59.2 Å². The van der Waals surface area contributed by atoms with Crippen LogP contribution in [0.3, 0.4) is 0 Å². The number of methoxy groups -OCH3 is 1. The normalized spacial score (nSPS) is 21.2. The van der Waals surface area contributed by atoms with Crippen molar-refractivity contribution in [1.29, 1.82) is 0 Å². The molecule has 1 fully saturated rings. The minimum Gasteiger partial charge on any atom is -0.469 e. The number of hydrogen-bond acceptors (Lipinski definition) is 6. The van der Waals surface area contributed by atoms with E-state index in [1.165, 1.54) is 7.11 Å². The maximum absolute atomic E-state index is 13.1. The Kier molecular flexibility index (Phi) is 6.96. The van der Waals surface area contributed by atoms with Gasteiger partial charge in [0.1, 0.15) is 5.92 Å². The van der Waals surface area contributed by atoms with Gasteiger partial charge in [-0.15, -0.1) is 11.8 Å². The molecule has 0 radical (unpaired) electrons. The zero-order chi connectivity index (χ0) is 22.8. The molecule has 1 saturated heterocycles. The standard InChI is InChI=1S/C22H26N2O5S2/c1-13-5-10-17(11-14(13)2)31(27,28)12-18-19(21(25)29-3)20(24-22(26)23-18)15-6-8-16(30-4)9-7-15/h5-11,18-20H,12H2,1-4H3,(H2,23,24,26). The van der Waals surface area contributed by atoms with Gasteiger partial charge in [-0.3, -0.25) is 4.79 Å². The van der Waals surface area contributed by atoms with Crippen LogP contribution in [0.1, 0.15) is 22.7 Å². The van der Waals surface area contributed by atoms with Crippen molar-refractivity contribution >= 4 is 33.6 Å². The van der Waals surface area contributed by atoms with Gasteiger partial charge in [-0.25, -0.2) is 13.2 Å². The minimum atomic E-state index is -3.77.